The Morgan fingerprint density at radius 2 is 1.52 bits per heavy atom. The summed E-state index contributed by atoms with van der Waals surface area (Å²) < 4.78 is 21.2. The molecule has 0 saturated heterocycles. The number of hydrogen-bond acceptors (Lipinski definition) is 8. The highest BCUT2D eigenvalue weighted by molar-refractivity contribution is 5.76. The summed E-state index contributed by atoms with van der Waals surface area (Å²) in [7, 11) is 1.43. The van der Waals surface area contributed by atoms with Gasteiger partial charge in [-0.3, -0.25) is 19.2 Å². The number of ether oxygens (including phenoxy) is 4. The summed E-state index contributed by atoms with van der Waals surface area (Å²) in [5.74, 6) is -0.306. The van der Waals surface area contributed by atoms with Crippen molar-refractivity contribution in [1.29, 1.82) is 0 Å². The zero-order valence-electron chi connectivity index (χ0n) is 17.9. The van der Waals surface area contributed by atoms with Gasteiger partial charge in [-0.1, -0.05) is 6.92 Å². The summed E-state index contributed by atoms with van der Waals surface area (Å²) in [4.78, 5) is 46.9. The van der Waals surface area contributed by atoms with E-state index in [0.717, 1.165) is 0 Å². The third-order valence-corrected chi connectivity index (χ3v) is 4.09. The van der Waals surface area contributed by atoms with E-state index >= 15 is 0 Å². The van der Waals surface area contributed by atoms with Crippen LogP contribution in [0.2, 0.25) is 0 Å². The Kier molecular flexibility index (Phi) is 12.3. The third kappa shape index (κ3) is 10.5. The van der Waals surface area contributed by atoms with Gasteiger partial charge in [0.25, 0.3) is 0 Å². The molecule has 0 aliphatic carbocycles. The third-order valence-electron chi connectivity index (χ3n) is 4.09. The standard InChI is InChI=1S/C20H31NO8/c1-8-9-10-17(25)21-18(13(3)26-7)20(29-16(6)24)19(28-15(5)23)12(2)11-27-14(4)22/h1,12-13,18-20H,9-11H2,2-7H3,(H,21,25). The van der Waals surface area contributed by atoms with Crippen LogP contribution in [0.3, 0.4) is 0 Å². The smallest absolute Gasteiger partial charge is 0.303 e. The predicted molar refractivity (Wildman–Crippen MR) is 103 cm³/mol. The molecular weight excluding hydrogens is 382 g/mol. The van der Waals surface area contributed by atoms with Gasteiger partial charge in [0.15, 0.2) is 6.10 Å². The van der Waals surface area contributed by atoms with E-state index in [1.165, 1.54) is 27.9 Å². The van der Waals surface area contributed by atoms with Crippen LogP contribution in [0.5, 0.6) is 0 Å². The highest BCUT2D eigenvalue weighted by Gasteiger charge is 2.41. The van der Waals surface area contributed by atoms with Crippen LogP contribution in [0.4, 0.5) is 0 Å². The number of carbonyl (C=O) groups excluding carboxylic acids is 4. The minimum atomic E-state index is -1.09. The van der Waals surface area contributed by atoms with Crippen LogP contribution in [0.25, 0.3) is 0 Å². The van der Waals surface area contributed by atoms with Gasteiger partial charge >= 0.3 is 17.9 Å². The molecule has 9 heteroatoms. The molecule has 0 spiro atoms. The molecule has 1 N–H and O–H groups in total. The predicted octanol–water partition coefficient (Wildman–Crippen LogP) is 0.982. The summed E-state index contributed by atoms with van der Waals surface area (Å²) in [6, 6.07) is -0.849. The maximum Gasteiger partial charge on any atom is 0.303 e. The molecule has 0 heterocycles. The SMILES string of the molecule is C#CCCC(=O)NC(C(C)OC)C(OC(C)=O)C(OC(C)=O)C(C)COC(C)=O. The van der Waals surface area contributed by atoms with Crippen molar-refractivity contribution in [3.05, 3.63) is 0 Å². The van der Waals surface area contributed by atoms with E-state index in [-0.39, 0.29) is 25.4 Å². The quantitative estimate of drug-likeness (QED) is 0.286. The van der Waals surface area contributed by atoms with E-state index in [1.54, 1.807) is 13.8 Å². The largest absolute Gasteiger partial charge is 0.465 e. The topological polar surface area (TPSA) is 117 Å². The van der Waals surface area contributed by atoms with Crippen molar-refractivity contribution in [3.8, 4) is 12.3 Å². The monoisotopic (exact) mass is 413 g/mol. The highest BCUT2D eigenvalue weighted by Crippen LogP contribution is 2.22. The van der Waals surface area contributed by atoms with E-state index in [0.29, 0.717) is 0 Å². The minimum absolute atomic E-state index is 0.0669. The molecule has 0 rings (SSSR count). The van der Waals surface area contributed by atoms with E-state index in [1.807, 2.05) is 0 Å². The average Bonchev–Trinajstić information content (AvgIpc) is 2.64. The molecular formula is C20H31NO8. The second-order valence-corrected chi connectivity index (χ2v) is 6.67. The average molecular weight is 413 g/mol. The van der Waals surface area contributed by atoms with Crippen LogP contribution in [0.1, 0.15) is 47.5 Å². The summed E-state index contributed by atoms with van der Waals surface area (Å²) in [5, 5.41) is 2.75. The number of methoxy groups -OCH3 is 1. The van der Waals surface area contributed by atoms with Crippen molar-refractivity contribution in [2.75, 3.05) is 13.7 Å². The van der Waals surface area contributed by atoms with Crippen molar-refractivity contribution < 1.29 is 38.1 Å². The van der Waals surface area contributed by atoms with Crippen molar-refractivity contribution in [2.24, 2.45) is 5.92 Å². The van der Waals surface area contributed by atoms with Crippen LogP contribution >= 0.6 is 0 Å². The van der Waals surface area contributed by atoms with Crippen LogP contribution in [0, 0.1) is 18.3 Å². The minimum Gasteiger partial charge on any atom is -0.465 e. The fourth-order valence-electron chi connectivity index (χ4n) is 2.64. The van der Waals surface area contributed by atoms with Gasteiger partial charge in [-0.25, -0.2) is 0 Å². The van der Waals surface area contributed by atoms with E-state index in [4.69, 9.17) is 25.4 Å². The van der Waals surface area contributed by atoms with Crippen LogP contribution < -0.4 is 5.32 Å². The number of hydrogen-bond donors (Lipinski definition) is 1. The number of esters is 3. The van der Waals surface area contributed by atoms with E-state index in [2.05, 4.69) is 11.2 Å². The lowest BCUT2D eigenvalue weighted by Gasteiger charge is -2.37. The molecule has 0 aromatic carbocycles. The Morgan fingerprint density at radius 3 is 1.97 bits per heavy atom. The molecule has 0 aromatic rings. The molecule has 9 nitrogen and oxygen atoms in total. The number of amides is 1. The first-order valence-corrected chi connectivity index (χ1v) is 9.26. The first-order chi connectivity index (χ1) is 13.5. The van der Waals surface area contributed by atoms with Gasteiger partial charge in [0.1, 0.15) is 6.10 Å². The normalized spacial score (nSPS) is 15.6. The Hall–Kier alpha value is -2.60. The lowest BCUT2D eigenvalue weighted by Crippen LogP contribution is -2.58. The Balaban J connectivity index is 5.91. The Morgan fingerprint density at radius 1 is 0.966 bits per heavy atom. The molecule has 1 amide bonds. The van der Waals surface area contributed by atoms with Gasteiger partial charge in [-0.2, -0.15) is 0 Å². The van der Waals surface area contributed by atoms with Gasteiger partial charge in [0, 0.05) is 46.6 Å². The molecule has 0 radical (unpaired) electrons. The summed E-state index contributed by atoms with van der Waals surface area (Å²) in [6.45, 7) is 6.91. The summed E-state index contributed by atoms with van der Waals surface area (Å²) >= 11 is 0. The fourth-order valence-corrected chi connectivity index (χ4v) is 2.64. The van der Waals surface area contributed by atoms with E-state index < -0.39 is 48.2 Å². The molecule has 0 aromatic heterocycles. The maximum absolute atomic E-state index is 12.3. The molecule has 0 aliphatic rings. The zero-order chi connectivity index (χ0) is 22.6. The Bertz CT molecular complexity index is 612. The number of terminal acetylenes is 1. The molecule has 0 aliphatic heterocycles. The highest BCUT2D eigenvalue weighted by atomic mass is 16.6. The van der Waals surface area contributed by atoms with E-state index in [9.17, 15) is 19.2 Å². The van der Waals surface area contributed by atoms with Gasteiger partial charge in [0.2, 0.25) is 5.91 Å². The Labute approximate surface area is 171 Å². The maximum atomic E-state index is 12.3. The first-order valence-electron chi connectivity index (χ1n) is 9.26. The van der Waals surface area contributed by atoms with Crippen LogP contribution in [-0.2, 0) is 38.1 Å². The second-order valence-electron chi connectivity index (χ2n) is 6.67. The van der Waals surface area contributed by atoms with Crippen molar-refractivity contribution in [1.82, 2.24) is 5.32 Å². The van der Waals surface area contributed by atoms with Gasteiger partial charge < -0.3 is 24.3 Å². The number of rotatable bonds is 12. The van der Waals surface area contributed by atoms with Crippen molar-refractivity contribution in [3.63, 3.8) is 0 Å². The molecule has 164 valence electrons. The first kappa shape index (κ1) is 26.4. The lowest BCUT2D eigenvalue weighted by atomic mass is 9.92. The van der Waals surface area contributed by atoms with Crippen LogP contribution in [0.15, 0.2) is 0 Å². The van der Waals surface area contributed by atoms with Gasteiger partial charge in [-0.15, -0.1) is 12.3 Å². The fraction of sp³-hybridized carbons (Fsp3) is 0.700. The zero-order valence-corrected chi connectivity index (χ0v) is 17.9. The molecule has 0 fully saturated rings. The molecule has 29 heavy (non-hydrogen) atoms. The second kappa shape index (κ2) is 13.6. The number of carbonyl (C=O) groups is 4. The molecule has 5 unspecified atom stereocenters. The molecule has 5 atom stereocenters. The number of nitrogens with one attached hydrogen (secondary N) is 1. The van der Waals surface area contributed by atoms with Gasteiger partial charge in [0.05, 0.1) is 18.8 Å². The molecule has 0 bridgehead atoms. The van der Waals surface area contributed by atoms with Crippen LogP contribution in [-0.4, -0.2) is 61.9 Å². The summed E-state index contributed by atoms with van der Waals surface area (Å²) in [6.07, 6.45) is 2.79. The van der Waals surface area contributed by atoms with Gasteiger partial charge in [-0.05, 0) is 6.92 Å². The lowest BCUT2D eigenvalue weighted by molar-refractivity contribution is -0.178. The van der Waals surface area contributed by atoms with Crippen molar-refractivity contribution in [2.45, 2.75) is 71.8 Å². The molecule has 0 saturated carbocycles. The van der Waals surface area contributed by atoms with Crippen molar-refractivity contribution >= 4 is 23.8 Å². The summed E-state index contributed by atoms with van der Waals surface area (Å²) in [5.41, 5.74) is 0.